The van der Waals surface area contributed by atoms with Crippen LogP contribution in [0.1, 0.15) is 6.42 Å². The number of sulfonamides is 1. The fourth-order valence-electron chi connectivity index (χ4n) is 2.85. The average Bonchev–Trinajstić information content (AvgIpc) is 2.58. The van der Waals surface area contributed by atoms with Gasteiger partial charge in [-0.1, -0.05) is 23.2 Å². The van der Waals surface area contributed by atoms with Gasteiger partial charge >= 0.3 is 0 Å². The molecule has 0 saturated carbocycles. The van der Waals surface area contributed by atoms with E-state index in [2.05, 4.69) is 22.2 Å². The molecule has 0 aromatic heterocycles. The number of rotatable bonds is 8. The van der Waals surface area contributed by atoms with Crippen molar-refractivity contribution in [1.82, 2.24) is 15.1 Å². The van der Waals surface area contributed by atoms with Crippen LogP contribution in [0.3, 0.4) is 0 Å². The summed E-state index contributed by atoms with van der Waals surface area (Å²) in [4.78, 5) is 16.9. The van der Waals surface area contributed by atoms with Gasteiger partial charge in [0, 0.05) is 37.7 Å². The summed E-state index contributed by atoms with van der Waals surface area (Å²) in [6.45, 7) is 5.25. The van der Waals surface area contributed by atoms with Gasteiger partial charge in [0.1, 0.15) is 6.54 Å². The van der Waals surface area contributed by atoms with Crippen LogP contribution in [0.5, 0.6) is 0 Å². The zero-order valence-electron chi connectivity index (χ0n) is 15.6. The first-order valence-electron chi connectivity index (χ1n) is 8.77. The van der Waals surface area contributed by atoms with E-state index in [1.807, 2.05) is 0 Å². The van der Waals surface area contributed by atoms with Gasteiger partial charge in [0.15, 0.2) is 0 Å². The Morgan fingerprint density at radius 3 is 2.48 bits per heavy atom. The monoisotopic (exact) mass is 436 g/mol. The minimum absolute atomic E-state index is 0.177. The Bertz CT molecular complexity index is 753. The molecule has 1 saturated heterocycles. The molecule has 1 fully saturated rings. The van der Waals surface area contributed by atoms with E-state index in [4.69, 9.17) is 23.2 Å². The largest absolute Gasteiger partial charge is 0.354 e. The van der Waals surface area contributed by atoms with Crippen LogP contribution in [0.4, 0.5) is 5.69 Å². The molecule has 1 aliphatic rings. The van der Waals surface area contributed by atoms with E-state index in [9.17, 15) is 13.2 Å². The molecular formula is C17H26Cl2N4O3S. The summed E-state index contributed by atoms with van der Waals surface area (Å²) in [6.07, 6.45) is 1.86. The number of amides is 1. The molecule has 27 heavy (non-hydrogen) atoms. The summed E-state index contributed by atoms with van der Waals surface area (Å²) in [6, 6.07) is 4.48. The lowest BCUT2D eigenvalue weighted by molar-refractivity contribution is -0.119. The van der Waals surface area contributed by atoms with Crippen molar-refractivity contribution in [3.05, 3.63) is 28.2 Å². The third-order valence-electron chi connectivity index (χ3n) is 4.44. The predicted octanol–water partition coefficient (Wildman–Crippen LogP) is 1.51. The summed E-state index contributed by atoms with van der Waals surface area (Å²) < 4.78 is 25.2. The Labute approximate surface area is 171 Å². The van der Waals surface area contributed by atoms with Crippen molar-refractivity contribution in [3.8, 4) is 0 Å². The van der Waals surface area contributed by atoms with E-state index in [0.717, 1.165) is 49.7 Å². The maximum absolute atomic E-state index is 12.2. The maximum atomic E-state index is 12.2. The SMILES string of the molecule is CN1CCN(CCCNC(=O)CN(c2ccc(Cl)cc2Cl)S(C)(=O)=O)CC1. The van der Waals surface area contributed by atoms with Crippen molar-refractivity contribution >= 4 is 44.8 Å². The number of carbonyl (C=O) groups is 1. The zero-order valence-corrected chi connectivity index (χ0v) is 17.9. The van der Waals surface area contributed by atoms with Gasteiger partial charge in [-0.05, 0) is 38.2 Å². The molecule has 2 rings (SSSR count). The van der Waals surface area contributed by atoms with Crippen LogP contribution in [0.15, 0.2) is 18.2 Å². The molecule has 1 aliphatic heterocycles. The van der Waals surface area contributed by atoms with E-state index in [0.29, 0.717) is 11.6 Å². The first-order valence-corrected chi connectivity index (χ1v) is 11.4. The Balaban J connectivity index is 1.85. The first kappa shape index (κ1) is 22.2. The Morgan fingerprint density at radius 2 is 1.89 bits per heavy atom. The van der Waals surface area contributed by atoms with E-state index >= 15 is 0 Å². The number of likely N-dealkylation sites (N-methyl/N-ethyl adjacent to an activating group) is 1. The summed E-state index contributed by atoms with van der Waals surface area (Å²) >= 11 is 12.0. The van der Waals surface area contributed by atoms with Gasteiger partial charge in [-0.15, -0.1) is 0 Å². The number of anilines is 1. The summed E-state index contributed by atoms with van der Waals surface area (Å²) in [5.74, 6) is -0.371. The average molecular weight is 437 g/mol. The third kappa shape index (κ3) is 7.12. The van der Waals surface area contributed by atoms with Gasteiger partial charge in [-0.25, -0.2) is 8.42 Å². The number of nitrogens with one attached hydrogen (secondary N) is 1. The van der Waals surface area contributed by atoms with Gasteiger partial charge in [-0.2, -0.15) is 0 Å². The first-order chi connectivity index (χ1) is 12.7. The lowest BCUT2D eigenvalue weighted by Crippen LogP contribution is -2.45. The quantitative estimate of drug-likeness (QED) is 0.625. The van der Waals surface area contributed by atoms with Gasteiger partial charge < -0.3 is 15.1 Å². The highest BCUT2D eigenvalue weighted by atomic mass is 35.5. The molecule has 1 amide bonds. The molecule has 1 heterocycles. The van der Waals surface area contributed by atoms with Crippen LogP contribution >= 0.6 is 23.2 Å². The number of hydrogen-bond acceptors (Lipinski definition) is 5. The van der Waals surface area contributed by atoms with Gasteiger partial charge in [0.2, 0.25) is 15.9 Å². The molecule has 10 heteroatoms. The number of carbonyl (C=O) groups excluding carboxylic acids is 1. The van der Waals surface area contributed by atoms with Crippen molar-refractivity contribution in [3.63, 3.8) is 0 Å². The third-order valence-corrected chi connectivity index (χ3v) is 6.10. The van der Waals surface area contributed by atoms with E-state index < -0.39 is 10.0 Å². The highest BCUT2D eigenvalue weighted by Crippen LogP contribution is 2.30. The molecule has 1 aromatic carbocycles. The van der Waals surface area contributed by atoms with E-state index in [-0.39, 0.29) is 23.2 Å². The highest BCUT2D eigenvalue weighted by molar-refractivity contribution is 7.92. The summed E-state index contributed by atoms with van der Waals surface area (Å²) in [7, 11) is -1.56. The fraction of sp³-hybridized carbons (Fsp3) is 0.588. The molecule has 0 bridgehead atoms. The molecule has 0 radical (unpaired) electrons. The van der Waals surface area contributed by atoms with Gasteiger partial charge in [0.25, 0.3) is 0 Å². The molecule has 0 aliphatic carbocycles. The standard InChI is InChI=1S/C17H26Cl2N4O3S/c1-21-8-10-22(11-9-21)7-3-6-20-17(24)13-23(27(2,25)26)16-5-4-14(18)12-15(16)19/h4-5,12H,3,6-11,13H2,1-2H3,(H,20,24). The second-order valence-electron chi connectivity index (χ2n) is 6.71. The minimum atomic E-state index is -3.67. The number of piperazine rings is 1. The van der Waals surface area contributed by atoms with Gasteiger partial charge in [-0.3, -0.25) is 9.10 Å². The molecule has 0 unspecified atom stereocenters. The predicted molar refractivity (Wildman–Crippen MR) is 110 cm³/mol. The van der Waals surface area contributed by atoms with Crippen LogP contribution in [0, 0.1) is 0 Å². The van der Waals surface area contributed by atoms with Gasteiger partial charge in [0.05, 0.1) is 17.0 Å². The second-order valence-corrected chi connectivity index (χ2v) is 9.46. The fourth-order valence-corrected chi connectivity index (χ4v) is 4.28. The maximum Gasteiger partial charge on any atom is 0.240 e. The summed E-state index contributed by atoms with van der Waals surface area (Å²) in [5, 5.41) is 3.35. The van der Waals surface area contributed by atoms with Crippen LogP contribution in [0.25, 0.3) is 0 Å². The Morgan fingerprint density at radius 1 is 1.22 bits per heavy atom. The van der Waals surface area contributed by atoms with Crippen LogP contribution in [-0.4, -0.2) is 83.2 Å². The Hall–Kier alpha value is -1.06. The number of halogens is 2. The molecular weight excluding hydrogens is 411 g/mol. The normalized spacial score (nSPS) is 16.3. The lowest BCUT2D eigenvalue weighted by Gasteiger charge is -2.32. The number of hydrogen-bond donors (Lipinski definition) is 1. The minimum Gasteiger partial charge on any atom is -0.354 e. The van der Waals surface area contributed by atoms with Crippen molar-refractivity contribution < 1.29 is 13.2 Å². The van der Waals surface area contributed by atoms with Crippen LogP contribution in [0.2, 0.25) is 10.0 Å². The Kier molecular flexibility index (Phi) is 8.18. The second kappa shape index (κ2) is 9.93. The number of benzene rings is 1. The summed E-state index contributed by atoms with van der Waals surface area (Å²) in [5.41, 5.74) is 0.233. The molecule has 1 aromatic rings. The van der Waals surface area contributed by atoms with Crippen LogP contribution < -0.4 is 9.62 Å². The van der Waals surface area contributed by atoms with E-state index in [1.54, 1.807) is 0 Å². The molecule has 152 valence electrons. The molecule has 7 nitrogen and oxygen atoms in total. The van der Waals surface area contributed by atoms with Crippen molar-refractivity contribution in [2.24, 2.45) is 0 Å². The molecule has 0 spiro atoms. The topological polar surface area (TPSA) is 73.0 Å². The molecule has 0 atom stereocenters. The van der Waals surface area contributed by atoms with E-state index in [1.165, 1.54) is 18.2 Å². The molecule has 1 N–H and O–H groups in total. The highest BCUT2D eigenvalue weighted by Gasteiger charge is 2.23. The zero-order chi connectivity index (χ0) is 20.0. The smallest absolute Gasteiger partial charge is 0.240 e. The lowest BCUT2D eigenvalue weighted by atomic mass is 10.3. The van der Waals surface area contributed by atoms with Crippen molar-refractivity contribution in [1.29, 1.82) is 0 Å². The van der Waals surface area contributed by atoms with Crippen LogP contribution in [-0.2, 0) is 14.8 Å². The van der Waals surface area contributed by atoms with Crippen molar-refractivity contribution in [2.45, 2.75) is 6.42 Å². The van der Waals surface area contributed by atoms with Crippen molar-refractivity contribution in [2.75, 3.05) is 63.4 Å². The number of nitrogens with zero attached hydrogens (tertiary/aromatic N) is 3.